The molecule has 1 aliphatic rings. The van der Waals surface area contributed by atoms with Crippen LogP contribution < -0.4 is 10.6 Å². The van der Waals surface area contributed by atoms with E-state index in [1.54, 1.807) is 0 Å². The number of esters is 1. The van der Waals surface area contributed by atoms with Crippen LogP contribution in [0, 0.1) is 17.6 Å². The van der Waals surface area contributed by atoms with Crippen molar-refractivity contribution in [3.63, 3.8) is 0 Å². The van der Waals surface area contributed by atoms with Gasteiger partial charge in [0.1, 0.15) is 17.6 Å². The summed E-state index contributed by atoms with van der Waals surface area (Å²) >= 11 is 0. The van der Waals surface area contributed by atoms with Crippen LogP contribution in [0.15, 0.2) is 30.5 Å². The van der Waals surface area contributed by atoms with Crippen molar-refractivity contribution in [1.29, 1.82) is 0 Å². The van der Waals surface area contributed by atoms with Crippen LogP contribution in [0.1, 0.15) is 11.6 Å². The van der Waals surface area contributed by atoms with Crippen LogP contribution >= 0.6 is 0 Å². The number of nitrogens with one attached hydrogen (secondary N) is 2. The number of halogens is 2. The minimum atomic E-state index is -1.22. The average molecular weight is 282 g/mol. The molecule has 1 heterocycles. The molecule has 2 rings (SSSR count). The fraction of sp³-hybridized carbons (Fsp3) is 0.231. The molecule has 7 heteroatoms. The van der Waals surface area contributed by atoms with E-state index >= 15 is 0 Å². The molecule has 0 spiro atoms. The Morgan fingerprint density at radius 1 is 1.35 bits per heavy atom. The Morgan fingerprint density at radius 2 is 1.95 bits per heavy atom. The van der Waals surface area contributed by atoms with E-state index in [1.807, 2.05) is 0 Å². The standard InChI is InChI=1S/C13H12F2N2O3/c1-6-9(12(18)20-2)11(17-13(19)16-6)10-7(14)4-3-5-8(10)15/h3-5,9,11H,1H2,2H3,(H2,16,17,19)/t9-,11+/m1/s1. The molecule has 106 valence electrons. The molecule has 0 aromatic heterocycles. The van der Waals surface area contributed by atoms with Gasteiger partial charge in [-0.2, -0.15) is 0 Å². The molecule has 1 fully saturated rings. The van der Waals surface area contributed by atoms with E-state index in [1.165, 1.54) is 6.07 Å². The Balaban J connectivity index is 2.52. The van der Waals surface area contributed by atoms with E-state index < -0.39 is 41.2 Å². The van der Waals surface area contributed by atoms with E-state index in [-0.39, 0.29) is 5.70 Å². The number of ether oxygens (including phenoxy) is 1. The van der Waals surface area contributed by atoms with Gasteiger partial charge in [0.15, 0.2) is 0 Å². The second-order valence-corrected chi connectivity index (χ2v) is 4.24. The SMILES string of the molecule is C=C1NC(=O)N[C@H](c2c(F)cccc2F)[C@@H]1C(=O)OC. The van der Waals surface area contributed by atoms with Crippen LogP contribution in [-0.2, 0) is 9.53 Å². The molecular formula is C13H12F2N2O3. The molecular weight excluding hydrogens is 270 g/mol. The Hall–Kier alpha value is -2.44. The number of carbonyl (C=O) groups excluding carboxylic acids is 2. The van der Waals surface area contributed by atoms with Gasteiger partial charge in [-0.05, 0) is 12.1 Å². The zero-order valence-electron chi connectivity index (χ0n) is 10.6. The van der Waals surface area contributed by atoms with Crippen molar-refractivity contribution in [2.75, 3.05) is 7.11 Å². The molecule has 1 saturated heterocycles. The molecule has 2 N–H and O–H groups in total. The smallest absolute Gasteiger partial charge is 0.319 e. The lowest BCUT2D eigenvalue weighted by atomic mass is 9.88. The van der Waals surface area contributed by atoms with Gasteiger partial charge in [-0.15, -0.1) is 0 Å². The molecule has 0 aliphatic carbocycles. The van der Waals surface area contributed by atoms with Gasteiger partial charge in [-0.25, -0.2) is 13.6 Å². The van der Waals surface area contributed by atoms with Crippen LogP contribution in [0.3, 0.4) is 0 Å². The number of hydrogen-bond acceptors (Lipinski definition) is 3. The summed E-state index contributed by atoms with van der Waals surface area (Å²) in [5.41, 5.74) is -0.382. The highest BCUT2D eigenvalue weighted by atomic mass is 19.1. The molecule has 1 aromatic rings. The zero-order valence-corrected chi connectivity index (χ0v) is 10.6. The van der Waals surface area contributed by atoms with Crippen molar-refractivity contribution >= 4 is 12.0 Å². The van der Waals surface area contributed by atoms with Crippen molar-refractivity contribution < 1.29 is 23.1 Å². The number of benzene rings is 1. The summed E-state index contributed by atoms with van der Waals surface area (Å²) in [6, 6.07) is 1.37. The number of carbonyl (C=O) groups is 2. The quantitative estimate of drug-likeness (QED) is 0.810. The Morgan fingerprint density at radius 3 is 2.50 bits per heavy atom. The van der Waals surface area contributed by atoms with Crippen LogP contribution in [0.4, 0.5) is 13.6 Å². The number of methoxy groups -OCH3 is 1. The van der Waals surface area contributed by atoms with Crippen molar-refractivity contribution in [3.8, 4) is 0 Å². The predicted octanol–water partition coefficient (Wildman–Crippen LogP) is 1.62. The third-order valence-electron chi connectivity index (χ3n) is 3.04. The van der Waals surface area contributed by atoms with Gasteiger partial charge in [-0.3, -0.25) is 4.79 Å². The van der Waals surface area contributed by atoms with E-state index in [0.717, 1.165) is 19.2 Å². The van der Waals surface area contributed by atoms with Crippen LogP contribution in [-0.4, -0.2) is 19.1 Å². The lowest BCUT2D eigenvalue weighted by Gasteiger charge is -2.33. The Labute approximate surface area is 113 Å². The fourth-order valence-electron chi connectivity index (χ4n) is 2.14. The van der Waals surface area contributed by atoms with Gasteiger partial charge >= 0.3 is 12.0 Å². The molecule has 1 aliphatic heterocycles. The Bertz CT molecular complexity index is 569. The van der Waals surface area contributed by atoms with Gasteiger partial charge in [0, 0.05) is 11.3 Å². The summed E-state index contributed by atoms with van der Waals surface area (Å²) in [5.74, 6) is -3.60. The highest BCUT2D eigenvalue weighted by Gasteiger charge is 2.41. The Kier molecular flexibility index (Phi) is 3.69. The summed E-state index contributed by atoms with van der Waals surface area (Å²) in [5, 5.41) is 4.61. The third-order valence-corrected chi connectivity index (χ3v) is 3.04. The van der Waals surface area contributed by atoms with Gasteiger partial charge < -0.3 is 15.4 Å². The average Bonchev–Trinajstić information content (AvgIpc) is 2.37. The van der Waals surface area contributed by atoms with Gasteiger partial charge in [0.05, 0.1) is 13.2 Å². The lowest BCUT2D eigenvalue weighted by Crippen LogP contribution is -2.51. The molecule has 20 heavy (non-hydrogen) atoms. The largest absolute Gasteiger partial charge is 0.468 e. The first-order valence-electron chi connectivity index (χ1n) is 5.73. The minimum absolute atomic E-state index is 0.0215. The van der Waals surface area contributed by atoms with Gasteiger partial charge in [0.25, 0.3) is 0 Å². The summed E-state index contributed by atoms with van der Waals surface area (Å²) in [6.45, 7) is 3.53. The number of urea groups is 1. The molecule has 2 atom stereocenters. The monoisotopic (exact) mass is 282 g/mol. The minimum Gasteiger partial charge on any atom is -0.468 e. The zero-order chi connectivity index (χ0) is 14.9. The van der Waals surface area contributed by atoms with Crippen LogP contribution in [0.25, 0.3) is 0 Å². The van der Waals surface area contributed by atoms with Crippen LogP contribution in [0.2, 0.25) is 0 Å². The third kappa shape index (κ3) is 2.34. The highest BCUT2D eigenvalue weighted by Crippen LogP contribution is 2.33. The summed E-state index contributed by atoms with van der Waals surface area (Å²) in [7, 11) is 1.14. The maximum Gasteiger partial charge on any atom is 0.319 e. The first-order chi connectivity index (χ1) is 9.45. The van der Waals surface area contributed by atoms with Crippen molar-refractivity contribution in [1.82, 2.24) is 10.6 Å². The molecule has 0 bridgehead atoms. The van der Waals surface area contributed by atoms with Crippen molar-refractivity contribution in [3.05, 3.63) is 47.7 Å². The van der Waals surface area contributed by atoms with E-state index in [4.69, 9.17) is 0 Å². The van der Waals surface area contributed by atoms with E-state index in [2.05, 4.69) is 21.9 Å². The highest BCUT2D eigenvalue weighted by molar-refractivity contribution is 5.85. The molecule has 0 unspecified atom stereocenters. The van der Waals surface area contributed by atoms with Gasteiger partial charge in [-0.1, -0.05) is 12.6 Å². The molecule has 5 nitrogen and oxygen atoms in total. The molecule has 0 radical (unpaired) electrons. The summed E-state index contributed by atoms with van der Waals surface area (Å²) in [6.07, 6.45) is 0. The van der Waals surface area contributed by atoms with Crippen molar-refractivity contribution in [2.45, 2.75) is 6.04 Å². The van der Waals surface area contributed by atoms with E-state index in [9.17, 15) is 18.4 Å². The van der Waals surface area contributed by atoms with E-state index in [0.29, 0.717) is 0 Å². The lowest BCUT2D eigenvalue weighted by molar-refractivity contribution is -0.145. The summed E-state index contributed by atoms with van der Waals surface area (Å²) in [4.78, 5) is 23.2. The fourth-order valence-corrected chi connectivity index (χ4v) is 2.14. The first kappa shape index (κ1) is 14.0. The molecule has 1 aromatic carbocycles. The second kappa shape index (κ2) is 5.28. The number of hydrogen-bond donors (Lipinski definition) is 2. The molecule has 2 amide bonds. The maximum atomic E-state index is 13.8. The predicted molar refractivity (Wildman–Crippen MR) is 65.4 cm³/mol. The summed E-state index contributed by atoms with van der Waals surface area (Å²) < 4.78 is 32.3. The number of amides is 2. The molecule has 0 saturated carbocycles. The number of rotatable bonds is 2. The topological polar surface area (TPSA) is 67.4 Å². The second-order valence-electron chi connectivity index (χ2n) is 4.24. The normalized spacial score (nSPS) is 21.9. The van der Waals surface area contributed by atoms with Crippen molar-refractivity contribution in [2.24, 2.45) is 5.92 Å². The maximum absolute atomic E-state index is 13.8. The van der Waals surface area contributed by atoms with Gasteiger partial charge in [0.2, 0.25) is 0 Å². The first-order valence-corrected chi connectivity index (χ1v) is 5.73. The van der Waals surface area contributed by atoms with Crippen LogP contribution in [0.5, 0.6) is 0 Å².